The van der Waals surface area contributed by atoms with E-state index in [-0.39, 0.29) is 11.9 Å². The van der Waals surface area contributed by atoms with Crippen LogP contribution in [0.5, 0.6) is 0 Å². The number of hydrogen-bond acceptors (Lipinski definition) is 21. The molecule has 18 aromatic rings. The predicted octanol–water partition coefficient (Wildman–Crippen LogP) is 8.60. The minimum atomic E-state index is -0.287. The monoisotopic (exact) mass is 2010 g/mol. The van der Waals surface area contributed by atoms with Gasteiger partial charge in [0.05, 0.1) is 113 Å². The van der Waals surface area contributed by atoms with Crippen LogP contribution in [0, 0.1) is 5.82 Å². The van der Waals surface area contributed by atoms with Crippen LogP contribution in [0.3, 0.4) is 0 Å². The Morgan fingerprint density at radius 3 is 0.958 bits per heavy atom. The molecule has 144 heavy (non-hydrogen) atoms. The number of thiazole rings is 2. The molecule has 3 saturated carbocycles. The number of thiophene rings is 2. The van der Waals surface area contributed by atoms with Crippen LogP contribution in [0.2, 0.25) is 0 Å². The van der Waals surface area contributed by atoms with Gasteiger partial charge in [0, 0.05) is 147 Å². The first-order valence-electron chi connectivity index (χ1n) is 48.9. The van der Waals surface area contributed by atoms with Gasteiger partial charge in [-0.3, -0.25) is 58.0 Å². The van der Waals surface area contributed by atoms with Crippen molar-refractivity contribution in [1.82, 2.24) is 84.6 Å². The summed E-state index contributed by atoms with van der Waals surface area (Å²) in [4.78, 5) is 39.0. The molecule has 740 valence electrons. The van der Waals surface area contributed by atoms with Crippen molar-refractivity contribution in [3.8, 4) is 0 Å². The number of piperidine rings is 3. The SMILES string of the molecule is C[n+]1ccc2cnn(Cc3cc(C(N)=NC4CCCNC4)cs3)c2c1.C[n+]1ccc2cnn(Cc3cc(C(N)=NC4CCCNC4)cs3)c2c1.C[n+]1ccc2cnn(Cc3ccc(C(N)=NC4CC4)cc3)c2c1.C[n+]1ccc2cnn(Cc3ccc(C(N)=NC4CC4)cc3F)c2c1.C[n+]1ccc2cnn(Cc3nc(C(N)=NC4CC4)cs3)c2c1.C[n+]1ccc2cnn(Cc3nc(C(N)=NC4CCCNC4)cs3)c2c1. The van der Waals surface area contributed by atoms with Crippen LogP contribution < -0.4 is 77.8 Å². The molecule has 16 aromatic heterocycles. The summed E-state index contributed by atoms with van der Waals surface area (Å²) in [5.41, 5.74) is 50.2. The maximum Gasteiger partial charge on any atom is 0.194 e. The fourth-order valence-electron chi connectivity index (χ4n) is 17.2. The zero-order valence-electron chi connectivity index (χ0n) is 81.9. The molecule has 3 unspecified atom stereocenters. The van der Waals surface area contributed by atoms with Crippen LogP contribution in [0.25, 0.3) is 65.4 Å². The maximum atomic E-state index is 14.5. The molecule has 2 aromatic carbocycles. The summed E-state index contributed by atoms with van der Waals surface area (Å²) in [6, 6.07) is 32.0. The fourth-order valence-corrected chi connectivity index (χ4v) is 20.4. The zero-order chi connectivity index (χ0) is 99.3. The highest BCUT2D eigenvalue weighted by molar-refractivity contribution is 7.11. The van der Waals surface area contributed by atoms with Crippen LogP contribution in [-0.4, -0.2) is 179 Å². The number of hydrogen-bond donors (Lipinski definition) is 9. The highest BCUT2D eigenvalue weighted by Crippen LogP contribution is 2.30. The normalized spacial score (nSPS) is 17.1. The molecule has 3 saturated heterocycles. The molecule has 3 atom stereocenters. The Hall–Kier alpha value is -14.6. The number of rotatable bonds is 24. The third-order valence-electron chi connectivity index (χ3n) is 25.7. The Labute approximate surface area is 849 Å². The lowest BCUT2D eigenvalue weighted by Gasteiger charge is -2.19. The van der Waals surface area contributed by atoms with Crippen molar-refractivity contribution in [3.05, 3.63) is 294 Å². The van der Waals surface area contributed by atoms with Crippen LogP contribution in [0.4, 0.5) is 4.39 Å². The molecule has 0 spiro atoms. The number of aryl methyl sites for hydroxylation is 6. The molecular formula is C104H124FN35S4+6. The number of fused-ring (bicyclic) bond motifs is 6. The van der Waals surface area contributed by atoms with Gasteiger partial charge in [-0.15, -0.1) is 45.3 Å². The molecular weight excluding hydrogens is 1890 g/mol. The number of pyridine rings is 6. The second kappa shape index (κ2) is 45.4. The molecule has 0 amide bonds. The second-order valence-corrected chi connectivity index (χ2v) is 41.5. The summed E-state index contributed by atoms with van der Waals surface area (Å²) < 4.78 is 38.4. The first kappa shape index (κ1) is 98.2. The number of halogens is 1. The zero-order valence-corrected chi connectivity index (χ0v) is 85.2. The number of benzene rings is 2. The first-order chi connectivity index (χ1) is 70.0. The highest BCUT2D eigenvalue weighted by atomic mass is 32.1. The predicted molar refractivity (Wildman–Crippen MR) is 567 cm³/mol. The van der Waals surface area contributed by atoms with Gasteiger partial charge in [0.15, 0.2) is 74.4 Å². The van der Waals surface area contributed by atoms with E-state index in [4.69, 9.17) is 44.4 Å². The lowest BCUT2D eigenvalue weighted by atomic mass is 10.1. The minimum absolute atomic E-state index is 0.258. The summed E-state index contributed by atoms with van der Waals surface area (Å²) in [7, 11) is 12.0. The molecule has 0 bridgehead atoms. The van der Waals surface area contributed by atoms with E-state index < -0.39 is 0 Å². The van der Waals surface area contributed by atoms with Gasteiger partial charge in [-0.2, -0.15) is 30.6 Å². The summed E-state index contributed by atoms with van der Waals surface area (Å²) in [6.45, 7) is 9.89. The van der Waals surface area contributed by atoms with Crippen molar-refractivity contribution in [2.75, 3.05) is 39.3 Å². The molecule has 19 heterocycles. The molecule has 6 aliphatic rings. The number of nitrogens with one attached hydrogen (secondary N) is 3. The van der Waals surface area contributed by atoms with Crippen LogP contribution in [-0.2, 0) is 81.6 Å². The van der Waals surface area contributed by atoms with Gasteiger partial charge in [-0.05, 0) is 120 Å². The summed E-state index contributed by atoms with van der Waals surface area (Å²) in [5, 5.41) is 53.8. The summed E-state index contributed by atoms with van der Waals surface area (Å²) >= 11 is 6.61. The van der Waals surface area contributed by atoms with E-state index in [1.54, 1.807) is 62.3 Å². The van der Waals surface area contributed by atoms with Gasteiger partial charge in [-0.1, -0.05) is 36.4 Å². The topological polar surface area (TPSA) is 422 Å². The summed E-state index contributed by atoms with van der Waals surface area (Å²) in [6.07, 6.45) is 49.4. The first-order valence-corrected chi connectivity index (χ1v) is 52.5. The third kappa shape index (κ3) is 25.7. The van der Waals surface area contributed by atoms with Gasteiger partial charge >= 0.3 is 0 Å². The lowest BCUT2D eigenvalue weighted by molar-refractivity contribution is -0.670. The van der Waals surface area contributed by atoms with Gasteiger partial charge in [0.2, 0.25) is 0 Å². The van der Waals surface area contributed by atoms with Gasteiger partial charge < -0.3 is 50.4 Å². The fraction of sp³-hybridized carbons (Fsp3) is 0.346. The number of amidine groups is 6. The standard InChI is InChI=1S/C18H19FN5.2C18H23N6S.C18H20N5.C17H22N7S.C15H17N6S/c1-23-7-6-13-9-21-24(17(13)11-23)10-14-3-2-12(8-16(14)19)18(20)22-15-4-5-15;2*1-23-6-4-13-8-21-24(17(13)11-23)10-16-7-14(12-25-16)18(19)22-15-3-2-5-20-9-15;1-22-9-8-15-10-20-23(17(15)12-22)11-13-2-4-14(5-3-13)18(19)21-16-6-7-16;1-23-6-4-12-7-20-24(15(12)9-23)10-16-22-14(11-25-16)17(18)21-13-3-2-5-19-8-13;1-20-5-4-10-6-17-21(13(10)7-20)8-14-19-12(9-22-14)15(16)18-11-2-3-11/h2-3,6-9,11,15H,4-5,10H2,1H3,(H2,20,22);2*4,6-8,11-12,15,20H,2-3,5,9-10H2,1H3,(H2,19,22);2-5,8-10,12,16H,6-7,11H2,1H3,(H2,19,21);4,6-7,9,11,13,19H,2-3,5,8,10H2,1H3,(H2,18,21);4-7,9,11H,2-3,8H2,1H3,(H2,16,18)/q6*+1. The molecule has 0 radical (unpaired) electrons. The molecule has 40 heteroatoms. The van der Waals surface area contributed by atoms with E-state index in [1.807, 2.05) is 202 Å². The Kier molecular flexibility index (Phi) is 31.0. The Morgan fingerprint density at radius 2 is 0.625 bits per heavy atom. The third-order valence-corrected chi connectivity index (χ3v) is 29.2. The molecule has 3 aliphatic carbocycles. The van der Waals surface area contributed by atoms with Gasteiger partial charge in [0.25, 0.3) is 0 Å². The number of nitrogens with two attached hydrogens (primary N) is 6. The van der Waals surface area contributed by atoms with E-state index in [2.05, 4.69) is 173 Å². The van der Waals surface area contributed by atoms with E-state index >= 15 is 0 Å². The molecule has 3 aliphatic heterocycles. The van der Waals surface area contributed by atoms with Crippen LogP contribution in [0.1, 0.15) is 142 Å². The van der Waals surface area contributed by atoms with E-state index in [9.17, 15) is 4.39 Å². The van der Waals surface area contributed by atoms with Crippen molar-refractivity contribution in [2.45, 2.75) is 153 Å². The van der Waals surface area contributed by atoms with Crippen molar-refractivity contribution in [2.24, 2.45) is 107 Å². The molecule has 15 N–H and O–H groups in total. The average Bonchev–Trinajstić information content (AvgIpc) is 1.63. The Bertz CT molecular complexity index is 7360. The van der Waals surface area contributed by atoms with Crippen molar-refractivity contribution in [1.29, 1.82) is 0 Å². The van der Waals surface area contributed by atoms with Crippen molar-refractivity contribution >= 4 is 146 Å². The molecule has 6 fully saturated rings. The van der Waals surface area contributed by atoms with E-state index in [1.165, 1.54) is 47.1 Å². The largest absolute Gasteiger partial charge is 0.383 e. The van der Waals surface area contributed by atoms with Crippen LogP contribution >= 0.6 is 45.3 Å². The number of aliphatic imine (C=N–C) groups is 6. The average molecular weight is 2010 g/mol. The van der Waals surface area contributed by atoms with E-state index in [0.717, 1.165) is 214 Å². The smallest absolute Gasteiger partial charge is 0.194 e. The van der Waals surface area contributed by atoms with Gasteiger partial charge in [0.1, 0.15) is 138 Å². The molecule has 35 nitrogen and oxygen atoms in total. The molecule has 24 rings (SSSR count). The maximum absolute atomic E-state index is 14.5. The Morgan fingerprint density at radius 1 is 0.326 bits per heavy atom. The van der Waals surface area contributed by atoms with Crippen LogP contribution in [0.15, 0.2) is 254 Å². The second-order valence-electron chi connectivity index (χ2n) is 37.7. The quantitative estimate of drug-likeness (QED) is 0.0155. The lowest BCUT2D eigenvalue weighted by Crippen LogP contribution is -2.34. The van der Waals surface area contributed by atoms with Crippen molar-refractivity contribution < 1.29 is 31.8 Å². The Balaban J connectivity index is 0.000000109. The number of nitrogens with zero attached hydrogens (tertiary/aromatic N) is 26. The number of aromatic nitrogens is 20. The summed E-state index contributed by atoms with van der Waals surface area (Å²) in [5.74, 6) is 3.16. The van der Waals surface area contributed by atoms with Crippen molar-refractivity contribution in [3.63, 3.8) is 0 Å². The van der Waals surface area contributed by atoms with E-state index in [0.29, 0.717) is 96.0 Å². The highest BCUT2D eigenvalue weighted by Gasteiger charge is 2.27. The van der Waals surface area contributed by atoms with Gasteiger partial charge in [-0.25, -0.2) is 41.8 Å². The minimum Gasteiger partial charge on any atom is -0.383 e.